The van der Waals surface area contributed by atoms with Gasteiger partial charge in [0.25, 0.3) is 5.91 Å². The summed E-state index contributed by atoms with van der Waals surface area (Å²) in [5.74, 6) is -0.339. The maximum absolute atomic E-state index is 14.2. The van der Waals surface area contributed by atoms with E-state index in [-0.39, 0.29) is 12.2 Å². The summed E-state index contributed by atoms with van der Waals surface area (Å²) in [7, 11) is 1.52. The normalized spacial score (nSPS) is 16.5. The topological polar surface area (TPSA) is 77.5 Å². The molecular formula is C23H21FN2O4. The Morgan fingerprint density at radius 2 is 1.97 bits per heavy atom. The number of aromatic nitrogens is 1. The minimum atomic E-state index is -0.861. The fraction of sp³-hybridized carbons (Fsp3) is 0.261. The molecule has 2 aromatic carbocycles. The molecule has 6 nitrogen and oxygen atoms in total. The van der Waals surface area contributed by atoms with E-state index in [4.69, 9.17) is 9.47 Å². The molecule has 1 N–H and O–H groups in total. The molecule has 1 aromatic heterocycles. The van der Waals surface area contributed by atoms with E-state index >= 15 is 0 Å². The molecule has 1 aliphatic rings. The molecule has 154 valence electrons. The molecule has 0 saturated carbocycles. The largest absolute Gasteiger partial charge is 0.481 e. The maximum Gasteiger partial charge on any atom is 0.414 e. The van der Waals surface area contributed by atoms with Gasteiger partial charge in [-0.25, -0.2) is 14.2 Å². The Hall–Kier alpha value is -3.48. The van der Waals surface area contributed by atoms with E-state index in [1.807, 2.05) is 44.2 Å². The summed E-state index contributed by atoms with van der Waals surface area (Å²) in [5, 5.41) is 3.48. The van der Waals surface area contributed by atoms with Crippen molar-refractivity contribution in [3.63, 3.8) is 0 Å². The Balaban J connectivity index is 1.68. The molecule has 1 fully saturated rings. The quantitative estimate of drug-likeness (QED) is 0.679. The van der Waals surface area contributed by atoms with Crippen LogP contribution in [0.3, 0.4) is 0 Å². The number of benzene rings is 2. The standard InChI is InChI=1S/C23H21FN2O4/c1-23(2,12-19-20(27)26-22(28)30-19)16-9-10-18(25-21(16)29-3)14-8-7-13-5-4-6-17(24)15(13)11-14/h4-11,19H,12H2,1-3H3,(H,26,27,28). The first kappa shape index (κ1) is 19.8. The number of methoxy groups -OCH3 is 1. The highest BCUT2D eigenvalue weighted by molar-refractivity contribution is 6.00. The lowest BCUT2D eigenvalue weighted by Gasteiger charge is -2.28. The molecule has 1 saturated heterocycles. The second-order valence-corrected chi connectivity index (χ2v) is 7.90. The molecule has 4 rings (SSSR count). The van der Waals surface area contributed by atoms with E-state index in [9.17, 15) is 14.0 Å². The number of rotatable bonds is 5. The Labute approximate surface area is 173 Å². The van der Waals surface area contributed by atoms with Crippen LogP contribution in [-0.4, -0.2) is 30.2 Å². The minimum absolute atomic E-state index is 0.281. The summed E-state index contributed by atoms with van der Waals surface area (Å²) in [6, 6.07) is 14.2. The summed E-state index contributed by atoms with van der Waals surface area (Å²) in [6.07, 6.45) is -1.31. The number of pyridine rings is 1. The summed E-state index contributed by atoms with van der Waals surface area (Å²) in [6.45, 7) is 3.86. The molecule has 3 aromatic rings. The van der Waals surface area contributed by atoms with Crippen molar-refractivity contribution in [3.8, 4) is 17.1 Å². The highest BCUT2D eigenvalue weighted by atomic mass is 19.1. The molecule has 1 atom stereocenters. The zero-order valence-corrected chi connectivity index (χ0v) is 16.9. The average molecular weight is 408 g/mol. The van der Waals surface area contributed by atoms with Gasteiger partial charge in [0.2, 0.25) is 5.88 Å². The van der Waals surface area contributed by atoms with E-state index in [0.29, 0.717) is 17.0 Å². The van der Waals surface area contributed by atoms with Gasteiger partial charge >= 0.3 is 6.09 Å². The SMILES string of the molecule is COc1nc(-c2ccc3cccc(F)c3c2)ccc1C(C)(C)CC1OC(=O)NC1=O. The fourth-order valence-electron chi connectivity index (χ4n) is 3.77. The van der Waals surface area contributed by atoms with Crippen molar-refractivity contribution in [2.75, 3.05) is 7.11 Å². The van der Waals surface area contributed by atoms with Gasteiger partial charge in [0.05, 0.1) is 12.8 Å². The number of ether oxygens (including phenoxy) is 2. The van der Waals surface area contributed by atoms with Gasteiger partial charge in [-0.3, -0.25) is 10.1 Å². The number of fused-ring (bicyclic) bond motifs is 1. The van der Waals surface area contributed by atoms with Crippen molar-refractivity contribution in [3.05, 3.63) is 59.9 Å². The number of nitrogens with one attached hydrogen (secondary N) is 1. The van der Waals surface area contributed by atoms with Crippen molar-refractivity contribution in [1.82, 2.24) is 10.3 Å². The zero-order chi connectivity index (χ0) is 21.5. The van der Waals surface area contributed by atoms with Crippen LogP contribution >= 0.6 is 0 Å². The summed E-state index contributed by atoms with van der Waals surface area (Å²) >= 11 is 0. The highest BCUT2D eigenvalue weighted by Crippen LogP contribution is 2.37. The average Bonchev–Trinajstić information content (AvgIpc) is 3.03. The van der Waals surface area contributed by atoms with E-state index in [2.05, 4.69) is 10.3 Å². The third kappa shape index (κ3) is 3.58. The first-order valence-electron chi connectivity index (χ1n) is 9.54. The molecule has 1 unspecified atom stereocenters. The Morgan fingerprint density at radius 3 is 2.67 bits per heavy atom. The molecular weight excluding hydrogens is 387 g/mol. The number of imide groups is 1. The first-order valence-corrected chi connectivity index (χ1v) is 9.54. The van der Waals surface area contributed by atoms with Gasteiger partial charge in [0, 0.05) is 22.9 Å². The number of cyclic esters (lactones) is 1. The number of amides is 2. The lowest BCUT2D eigenvalue weighted by molar-refractivity contribution is -0.124. The number of carbonyl (C=O) groups excluding carboxylic acids is 2. The number of hydrogen-bond donors (Lipinski definition) is 1. The highest BCUT2D eigenvalue weighted by Gasteiger charge is 2.38. The lowest BCUT2D eigenvalue weighted by Crippen LogP contribution is -2.31. The molecule has 0 radical (unpaired) electrons. The Kier molecular flexibility index (Phi) is 4.89. The summed E-state index contributed by atoms with van der Waals surface area (Å²) in [4.78, 5) is 27.8. The van der Waals surface area contributed by atoms with Crippen LogP contribution in [0.1, 0.15) is 25.8 Å². The molecule has 30 heavy (non-hydrogen) atoms. The Morgan fingerprint density at radius 1 is 1.17 bits per heavy atom. The molecule has 1 aliphatic heterocycles. The van der Waals surface area contributed by atoms with Crippen LogP contribution in [-0.2, 0) is 14.9 Å². The minimum Gasteiger partial charge on any atom is -0.481 e. The van der Waals surface area contributed by atoms with E-state index in [0.717, 1.165) is 16.5 Å². The summed E-state index contributed by atoms with van der Waals surface area (Å²) < 4.78 is 24.8. The molecule has 0 spiro atoms. The van der Waals surface area contributed by atoms with Gasteiger partial charge < -0.3 is 9.47 Å². The second kappa shape index (κ2) is 7.40. The number of nitrogens with zero attached hydrogens (tertiary/aromatic N) is 1. The van der Waals surface area contributed by atoms with Gasteiger partial charge in [0.15, 0.2) is 6.10 Å². The van der Waals surface area contributed by atoms with Crippen LogP contribution in [0.5, 0.6) is 5.88 Å². The molecule has 2 heterocycles. The molecule has 0 aliphatic carbocycles. The fourth-order valence-corrected chi connectivity index (χ4v) is 3.77. The van der Waals surface area contributed by atoms with Gasteiger partial charge in [0.1, 0.15) is 5.82 Å². The van der Waals surface area contributed by atoms with Crippen molar-refractivity contribution in [1.29, 1.82) is 0 Å². The predicted octanol–water partition coefficient (Wildman–Crippen LogP) is 4.35. The maximum atomic E-state index is 14.2. The third-order valence-electron chi connectivity index (χ3n) is 5.37. The van der Waals surface area contributed by atoms with Gasteiger partial charge in [-0.05, 0) is 29.0 Å². The van der Waals surface area contributed by atoms with Crippen LogP contribution in [0.2, 0.25) is 0 Å². The monoisotopic (exact) mass is 408 g/mol. The number of halogens is 1. The van der Waals surface area contributed by atoms with Crippen molar-refractivity contribution in [2.45, 2.75) is 31.8 Å². The lowest BCUT2D eigenvalue weighted by atomic mass is 9.79. The summed E-state index contributed by atoms with van der Waals surface area (Å²) in [5.41, 5.74) is 1.62. The van der Waals surface area contributed by atoms with Crippen molar-refractivity contribution >= 4 is 22.8 Å². The van der Waals surface area contributed by atoms with Crippen LogP contribution < -0.4 is 10.1 Å². The van der Waals surface area contributed by atoms with E-state index in [1.54, 1.807) is 12.1 Å². The van der Waals surface area contributed by atoms with Crippen LogP contribution in [0.4, 0.5) is 9.18 Å². The van der Waals surface area contributed by atoms with Crippen LogP contribution in [0, 0.1) is 5.82 Å². The Bertz CT molecular complexity index is 1160. The smallest absolute Gasteiger partial charge is 0.414 e. The number of carbonyl (C=O) groups is 2. The van der Waals surface area contributed by atoms with Crippen molar-refractivity contribution < 1.29 is 23.5 Å². The first-order chi connectivity index (χ1) is 14.3. The molecule has 0 bridgehead atoms. The van der Waals surface area contributed by atoms with Crippen LogP contribution in [0.25, 0.3) is 22.0 Å². The molecule has 2 amide bonds. The third-order valence-corrected chi connectivity index (χ3v) is 5.37. The zero-order valence-electron chi connectivity index (χ0n) is 16.9. The number of hydrogen-bond acceptors (Lipinski definition) is 5. The van der Waals surface area contributed by atoms with E-state index in [1.165, 1.54) is 13.2 Å². The molecule has 7 heteroatoms. The van der Waals surface area contributed by atoms with Gasteiger partial charge in [-0.15, -0.1) is 0 Å². The predicted molar refractivity (Wildman–Crippen MR) is 110 cm³/mol. The van der Waals surface area contributed by atoms with Gasteiger partial charge in [-0.2, -0.15) is 0 Å². The van der Waals surface area contributed by atoms with Gasteiger partial charge in [-0.1, -0.05) is 44.2 Å². The number of alkyl carbamates (subject to hydrolysis) is 1. The van der Waals surface area contributed by atoms with E-state index < -0.39 is 23.5 Å². The second-order valence-electron chi connectivity index (χ2n) is 7.90. The van der Waals surface area contributed by atoms with Crippen molar-refractivity contribution in [2.24, 2.45) is 0 Å². The van der Waals surface area contributed by atoms with Crippen LogP contribution in [0.15, 0.2) is 48.5 Å².